The summed E-state index contributed by atoms with van der Waals surface area (Å²) >= 11 is 0. The fourth-order valence-corrected chi connectivity index (χ4v) is 3.17. The number of aromatic nitrogens is 2. The zero-order valence-electron chi connectivity index (χ0n) is 12.1. The van der Waals surface area contributed by atoms with Crippen molar-refractivity contribution in [1.82, 2.24) is 9.78 Å². The second-order valence-corrected chi connectivity index (χ2v) is 5.92. The summed E-state index contributed by atoms with van der Waals surface area (Å²) in [6.45, 7) is 0. The highest BCUT2D eigenvalue weighted by molar-refractivity contribution is 5.66. The standard InChI is InChI=1S/C16H19N3O2/c1-19-15(17)10-12(18-19)11-5-6-13-14(9-11)21-16(20-13)7-3-2-4-8-16/h5-6,9-10H,2-4,7-8,17H2,1H3. The minimum Gasteiger partial charge on any atom is -0.448 e. The molecule has 0 atom stereocenters. The summed E-state index contributed by atoms with van der Waals surface area (Å²) in [5.74, 6) is 1.87. The fourth-order valence-electron chi connectivity index (χ4n) is 3.17. The summed E-state index contributed by atoms with van der Waals surface area (Å²) in [6.07, 6.45) is 5.53. The maximum Gasteiger partial charge on any atom is 0.251 e. The van der Waals surface area contributed by atoms with E-state index in [1.165, 1.54) is 6.42 Å². The third-order valence-corrected chi connectivity index (χ3v) is 4.36. The zero-order valence-corrected chi connectivity index (χ0v) is 12.1. The smallest absolute Gasteiger partial charge is 0.251 e. The zero-order chi connectivity index (χ0) is 14.4. The first-order chi connectivity index (χ1) is 10.2. The third-order valence-electron chi connectivity index (χ3n) is 4.36. The Morgan fingerprint density at radius 2 is 1.86 bits per heavy atom. The van der Waals surface area contributed by atoms with Crippen LogP contribution in [0, 0.1) is 0 Å². The fraction of sp³-hybridized carbons (Fsp3) is 0.438. The summed E-state index contributed by atoms with van der Waals surface area (Å²) in [6, 6.07) is 7.85. The number of nitrogens with two attached hydrogens (primary N) is 1. The van der Waals surface area contributed by atoms with Crippen LogP contribution >= 0.6 is 0 Å². The quantitative estimate of drug-likeness (QED) is 0.874. The molecule has 0 unspecified atom stereocenters. The molecule has 1 aliphatic heterocycles. The number of fused-ring (bicyclic) bond motifs is 1. The molecule has 1 saturated carbocycles. The Bertz CT molecular complexity index is 667. The molecule has 0 saturated heterocycles. The Labute approximate surface area is 123 Å². The van der Waals surface area contributed by atoms with Crippen LogP contribution in [0.25, 0.3) is 11.3 Å². The highest BCUT2D eigenvalue weighted by atomic mass is 16.7. The van der Waals surface area contributed by atoms with Crippen LogP contribution in [0.15, 0.2) is 24.3 Å². The van der Waals surface area contributed by atoms with Gasteiger partial charge >= 0.3 is 0 Å². The molecule has 1 spiro atoms. The molecule has 0 bridgehead atoms. The van der Waals surface area contributed by atoms with Gasteiger partial charge in [-0.3, -0.25) is 4.68 Å². The number of nitrogen functional groups attached to an aromatic ring is 1. The lowest BCUT2D eigenvalue weighted by atomic mass is 9.94. The molecule has 5 heteroatoms. The molecule has 2 aromatic rings. The van der Waals surface area contributed by atoms with Gasteiger partial charge in [-0.15, -0.1) is 0 Å². The van der Waals surface area contributed by atoms with E-state index in [0.717, 1.165) is 48.4 Å². The topological polar surface area (TPSA) is 62.3 Å². The van der Waals surface area contributed by atoms with Gasteiger partial charge in [-0.2, -0.15) is 5.10 Å². The highest BCUT2D eigenvalue weighted by Gasteiger charge is 2.42. The molecule has 1 aromatic carbocycles. The predicted octanol–water partition coefficient (Wildman–Crippen LogP) is 3.10. The van der Waals surface area contributed by atoms with E-state index in [9.17, 15) is 0 Å². The Kier molecular flexibility index (Phi) is 2.64. The van der Waals surface area contributed by atoms with Crippen LogP contribution in [0.4, 0.5) is 5.82 Å². The molecule has 2 heterocycles. The van der Waals surface area contributed by atoms with Gasteiger partial charge in [-0.25, -0.2) is 0 Å². The lowest BCUT2D eigenvalue weighted by Gasteiger charge is -2.31. The Morgan fingerprint density at radius 1 is 1.10 bits per heavy atom. The van der Waals surface area contributed by atoms with E-state index in [2.05, 4.69) is 5.10 Å². The van der Waals surface area contributed by atoms with Gasteiger partial charge in [0.25, 0.3) is 5.79 Å². The number of ether oxygens (including phenoxy) is 2. The highest BCUT2D eigenvalue weighted by Crippen LogP contribution is 2.46. The van der Waals surface area contributed by atoms with E-state index >= 15 is 0 Å². The Balaban J connectivity index is 1.66. The molecular formula is C16H19N3O2. The first-order valence-corrected chi connectivity index (χ1v) is 7.47. The van der Waals surface area contributed by atoms with Gasteiger partial charge in [0.15, 0.2) is 11.5 Å². The van der Waals surface area contributed by atoms with Crippen LogP contribution in [0.3, 0.4) is 0 Å². The minimum absolute atomic E-state index is 0.428. The second kappa shape index (κ2) is 4.41. The first kappa shape index (κ1) is 12.6. The van der Waals surface area contributed by atoms with Crippen LogP contribution < -0.4 is 15.2 Å². The van der Waals surface area contributed by atoms with Crippen molar-refractivity contribution in [3.63, 3.8) is 0 Å². The monoisotopic (exact) mass is 285 g/mol. The molecule has 0 amide bonds. The van der Waals surface area contributed by atoms with Crippen LogP contribution in [-0.2, 0) is 7.05 Å². The van der Waals surface area contributed by atoms with Crippen molar-refractivity contribution in [1.29, 1.82) is 0 Å². The molecule has 110 valence electrons. The molecule has 1 aromatic heterocycles. The Hall–Kier alpha value is -2.17. The summed E-state index contributed by atoms with van der Waals surface area (Å²) in [5.41, 5.74) is 7.70. The number of nitrogens with zero attached hydrogens (tertiary/aromatic N) is 2. The molecule has 1 aliphatic carbocycles. The van der Waals surface area contributed by atoms with Crippen molar-refractivity contribution in [3.05, 3.63) is 24.3 Å². The number of anilines is 1. The van der Waals surface area contributed by atoms with Crippen LogP contribution in [0.5, 0.6) is 11.5 Å². The predicted molar refractivity (Wildman–Crippen MR) is 80.1 cm³/mol. The van der Waals surface area contributed by atoms with Crippen molar-refractivity contribution in [2.45, 2.75) is 37.9 Å². The van der Waals surface area contributed by atoms with Crippen molar-refractivity contribution >= 4 is 5.82 Å². The van der Waals surface area contributed by atoms with Crippen LogP contribution in [0.1, 0.15) is 32.1 Å². The third kappa shape index (κ3) is 2.04. The van der Waals surface area contributed by atoms with Crippen molar-refractivity contribution < 1.29 is 9.47 Å². The average molecular weight is 285 g/mol. The minimum atomic E-state index is -0.428. The molecule has 21 heavy (non-hydrogen) atoms. The molecule has 4 rings (SSSR count). The number of aryl methyl sites for hydroxylation is 1. The van der Waals surface area contributed by atoms with Gasteiger partial charge in [0.05, 0.1) is 5.69 Å². The van der Waals surface area contributed by atoms with Gasteiger partial charge in [-0.1, -0.05) is 6.42 Å². The average Bonchev–Trinajstić information content (AvgIpc) is 2.99. The van der Waals surface area contributed by atoms with E-state index in [4.69, 9.17) is 15.2 Å². The van der Waals surface area contributed by atoms with E-state index in [1.807, 2.05) is 31.3 Å². The normalized spacial score (nSPS) is 19.1. The van der Waals surface area contributed by atoms with Gasteiger partial charge in [0.2, 0.25) is 0 Å². The summed E-state index contributed by atoms with van der Waals surface area (Å²) in [5, 5.41) is 4.41. The molecule has 5 nitrogen and oxygen atoms in total. The largest absolute Gasteiger partial charge is 0.448 e. The lowest BCUT2D eigenvalue weighted by molar-refractivity contribution is -0.105. The molecule has 2 N–H and O–H groups in total. The summed E-state index contributed by atoms with van der Waals surface area (Å²) in [4.78, 5) is 0. The molecule has 0 radical (unpaired) electrons. The van der Waals surface area contributed by atoms with E-state index in [0.29, 0.717) is 5.82 Å². The number of rotatable bonds is 1. The van der Waals surface area contributed by atoms with E-state index in [-0.39, 0.29) is 0 Å². The number of hydrogen-bond acceptors (Lipinski definition) is 4. The maximum absolute atomic E-state index is 6.15. The number of benzene rings is 1. The number of hydrogen-bond donors (Lipinski definition) is 1. The van der Waals surface area contributed by atoms with Gasteiger partial charge in [0.1, 0.15) is 5.82 Å². The van der Waals surface area contributed by atoms with Crippen molar-refractivity contribution in [2.75, 3.05) is 5.73 Å². The lowest BCUT2D eigenvalue weighted by Crippen LogP contribution is -2.40. The van der Waals surface area contributed by atoms with Crippen molar-refractivity contribution in [3.8, 4) is 22.8 Å². The van der Waals surface area contributed by atoms with Crippen LogP contribution in [0.2, 0.25) is 0 Å². The van der Waals surface area contributed by atoms with Crippen molar-refractivity contribution in [2.24, 2.45) is 7.05 Å². The van der Waals surface area contributed by atoms with Crippen LogP contribution in [-0.4, -0.2) is 15.6 Å². The summed E-state index contributed by atoms with van der Waals surface area (Å²) < 4.78 is 13.9. The first-order valence-electron chi connectivity index (χ1n) is 7.47. The van der Waals surface area contributed by atoms with Gasteiger partial charge in [0, 0.05) is 31.5 Å². The van der Waals surface area contributed by atoms with Gasteiger partial charge in [-0.05, 0) is 31.0 Å². The SMILES string of the molecule is Cn1nc(-c2ccc3c(c2)OC2(CCCCC2)O3)cc1N. The Morgan fingerprint density at radius 3 is 2.57 bits per heavy atom. The van der Waals surface area contributed by atoms with Gasteiger partial charge < -0.3 is 15.2 Å². The molecule has 2 aliphatic rings. The second-order valence-electron chi connectivity index (χ2n) is 5.92. The van der Waals surface area contributed by atoms with E-state index in [1.54, 1.807) is 4.68 Å². The maximum atomic E-state index is 6.15. The summed E-state index contributed by atoms with van der Waals surface area (Å²) in [7, 11) is 1.84. The molecule has 1 fully saturated rings. The molecular weight excluding hydrogens is 266 g/mol. The van der Waals surface area contributed by atoms with E-state index < -0.39 is 5.79 Å².